The van der Waals surface area contributed by atoms with Crippen LogP contribution in [0.3, 0.4) is 0 Å². The van der Waals surface area contributed by atoms with Crippen molar-refractivity contribution in [2.45, 2.75) is 45.6 Å². The number of pyridine rings is 1. The van der Waals surface area contributed by atoms with Gasteiger partial charge in [-0.2, -0.15) is 0 Å². The lowest BCUT2D eigenvalue weighted by atomic mass is 9.94. The van der Waals surface area contributed by atoms with Crippen molar-refractivity contribution < 1.29 is 5.11 Å². The van der Waals surface area contributed by atoms with Gasteiger partial charge in [-0.1, -0.05) is 19.9 Å². The normalized spacial score (nSPS) is 16.0. The second kappa shape index (κ2) is 6.76. The maximum Gasteiger partial charge on any atom is 0.0917 e. The Morgan fingerprint density at radius 2 is 1.91 bits per heavy atom. The molecule has 0 saturated heterocycles. The van der Waals surface area contributed by atoms with Crippen molar-refractivity contribution in [2.24, 2.45) is 0 Å². The van der Waals surface area contributed by atoms with Gasteiger partial charge in [0, 0.05) is 17.6 Å². The third-order valence-corrected chi connectivity index (χ3v) is 4.83. The first kappa shape index (κ1) is 15.4. The largest absolute Gasteiger partial charge is 0.387 e. The summed E-state index contributed by atoms with van der Waals surface area (Å²) in [7, 11) is 0. The van der Waals surface area contributed by atoms with E-state index in [4.69, 9.17) is 4.98 Å². The third kappa shape index (κ3) is 3.16. The van der Waals surface area contributed by atoms with E-state index in [9.17, 15) is 5.11 Å². The summed E-state index contributed by atoms with van der Waals surface area (Å²) in [5.41, 5.74) is 4.72. The number of hydrogen-bond acceptors (Lipinski definition) is 3. The summed E-state index contributed by atoms with van der Waals surface area (Å²) < 4.78 is 0. The lowest BCUT2D eigenvalue weighted by Gasteiger charge is -2.22. The Hall–Kier alpha value is -1.45. The molecule has 1 aromatic heterocycles. The molecular weight excluding hydrogens is 272 g/mol. The number of aryl methyl sites for hydroxylation is 2. The molecule has 3 heteroatoms. The molecule has 1 atom stereocenters. The fraction of sp³-hybridized carbons (Fsp3) is 0.526. The zero-order valence-corrected chi connectivity index (χ0v) is 13.7. The summed E-state index contributed by atoms with van der Waals surface area (Å²) in [6, 6.07) is 8.49. The lowest BCUT2D eigenvalue weighted by molar-refractivity contribution is 0.119. The average molecular weight is 298 g/mol. The van der Waals surface area contributed by atoms with Crippen LogP contribution in [-0.2, 0) is 12.8 Å². The molecule has 1 aliphatic carbocycles. The molecule has 1 N–H and O–H groups in total. The number of hydrogen-bond donors (Lipinski definition) is 1. The van der Waals surface area contributed by atoms with E-state index < -0.39 is 6.10 Å². The molecule has 1 unspecified atom stereocenters. The predicted molar refractivity (Wildman–Crippen MR) is 91.1 cm³/mol. The minimum absolute atomic E-state index is 0.430. The highest BCUT2D eigenvalue weighted by molar-refractivity contribution is 5.80. The van der Waals surface area contributed by atoms with Crippen LogP contribution in [0.5, 0.6) is 0 Å². The summed E-state index contributed by atoms with van der Waals surface area (Å²) in [5, 5.41) is 11.7. The second-order valence-corrected chi connectivity index (χ2v) is 6.26. The van der Waals surface area contributed by atoms with Crippen LogP contribution >= 0.6 is 0 Å². The van der Waals surface area contributed by atoms with Gasteiger partial charge >= 0.3 is 0 Å². The van der Waals surface area contributed by atoms with Crippen molar-refractivity contribution in [1.29, 1.82) is 0 Å². The number of aliphatic hydroxyl groups is 1. The molecule has 1 aliphatic rings. The Labute approximate surface area is 133 Å². The summed E-state index contributed by atoms with van der Waals surface area (Å²) in [5.74, 6) is 0. The second-order valence-electron chi connectivity index (χ2n) is 6.26. The smallest absolute Gasteiger partial charge is 0.0917 e. The van der Waals surface area contributed by atoms with Crippen molar-refractivity contribution in [2.75, 3.05) is 19.6 Å². The molecule has 0 aliphatic heterocycles. The minimum Gasteiger partial charge on any atom is -0.387 e. The first-order chi connectivity index (χ1) is 10.7. The number of fused-ring (bicyclic) bond motifs is 2. The predicted octanol–water partition coefficient (Wildman–Crippen LogP) is 3.49. The molecular formula is C19H26N2O. The molecule has 0 bridgehead atoms. The monoisotopic (exact) mass is 298 g/mol. The SMILES string of the molecule is CCN(CC)CC(O)c1ccc2nc3c(cc2c1)CCCC3. The van der Waals surface area contributed by atoms with Gasteiger partial charge in [0.15, 0.2) is 0 Å². The van der Waals surface area contributed by atoms with Crippen molar-refractivity contribution >= 4 is 10.9 Å². The molecule has 0 fully saturated rings. The zero-order valence-electron chi connectivity index (χ0n) is 13.7. The zero-order chi connectivity index (χ0) is 15.5. The van der Waals surface area contributed by atoms with Crippen LogP contribution in [0.1, 0.15) is 49.6 Å². The van der Waals surface area contributed by atoms with Gasteiger partial charge in [0.2, 0.25) is 0 Å². The first-order valence-corrected chi connectivity index (χ1v) is 8.54. The van der Waals surface area contributed by atoms with Crippen LogP contribution in [0, 0.1) is 0 Å². The maximum atomic E-state index is 10.5. The highest BCUT2D eigenvalue weighted by Crippen LogP contribution is 2.26. The average Bonchev–Trinajstić information content (AvgIpc) is 2.57. The standard InChI is InChI=1S/C19H26N2O/c1-3-21(4-2)13-19(22)15-9-10-18-16(12-15)11-14-7-5-6-8-17(14)20-18/h9-12,19,22H,3-8,13H2,1-2H3. The minimum atomic E-state index is -0.430. The van der Waals surface area contributed by atoms with Gasteiger partial charge < -0.3 is 10.0 Å². The van der Waals surface area contributed by atoms with Crippen molar-refractivity contribution in [3.63, 3.8) is 0 Å². The highest BCUT2D eigenvalue weighted by Gasteiger charge is 2.15. The highest BCUT2D eigenvalue weighted by atomic mass is 16.3. The van der Waals surface area contributed by atoms with Crippen LogP contribution in [0.25, 0.3) is 10.9 Å². The number of rotatable bonds is 5. The molecule has 0 saturated carbocycles. The fourth-order valence-corrected chi connectivity index (χ4v) is 3.36. The topological polar surface area (TPSA) is 36.4 Å². The van der Waals surface area contributed by atoms with E-state index in [0.29, 0.717) is 6.54 Å². The molecule has 0 spiro atoms. The van der Waals surface area contributed by atoms with E-state index >= 15 is 0 Å². The van der Waals surface area contributed by atoms with Crippen LogP contribution in [0.15, 0.2) is 24.3 Å². The van der Waals surface area contributed by atoms with E-state index in [-0.39, 0.29) is 0 Å². The van der Waals surface area contributed by atoms with E-state index in [1.807, 2.05) is 6.07 Å². The van der Waals surface area contributed by atoms with Gasteiger partial charge in [-0.05, 0) is 68.1 Å². The molecule has 3 nitrogen and oxygen atoms in total. The Morgan fingerprint density at radius 3 is 2.68 bits per heavy atom. The first-order valence-electron chi connectivity index (χ1n) is 8.54. The molecule has 3 rings (SSSR count). The van der Waals surface area contributed by atoms with Crippen molar-refractivity contribution in [1.82, 2.24) is 9.88 Å². The summed E-state index contributed by atoms with van der Waals surface area (Å²) >= 11 is 0. The molecule has 2 aromatic rings. The Morgan fingerprint density at radius 1 is 1.14 bits per heavy atom. The number of benzene rings is 1. The summed E-state index contributed by atoms with van der Waals surface area (Å²) in [6.45, 7) is 6.89. The van der Waals surface area contributed by atoms with Crippen molar-refractivity contribution in [3.05, 3.63) is 41.1 Å². The van der Waals surface area contributed by atoms with Gasteiger partial charge in [-0.15, -0.1) is 0 Å². The summed E-state index contributed by atoms with van der Waals surface area (Å²) in [6.07, 6.45) is 4.35. The van der Waals surface area contributed by atoms with Crippen LogP contribution in [-0.4, -0.2) is 34.6 Å². The molecule has 0 amide bonds. The van der Waals surface area contributed by atoms with E-state index in [0.717, 1.165) is 42.4 Å². The molecule has 1 heterocycles. The van der Waals surface area contributed by atoms with E-state index in [1.165, 1.54) is 24.1 Å². The van der Waals surface area contributed by atoms with Crippen LogP contribution in [0.2, 0.25) is 0 Å². The van der Waals surface area contributed by atoms with Crippen LogP contribution < -0.4 is 0 Å². The van der Waals surface area contributed by atoms with E-state index in [2.05, 4.69) is 36.9 Å². The molecule has 22 heavy (non-hydrogen) atoms. The summed E-state index contributed by atoms with van der Waals surface area (Å²) in [4.78, 5) is 7.07. The Bertz CT molecular complexity index is 649. The molecule has 0 radical (unpaired) electrons. The quantitative estimate of drug-likeness (QED) is 0.918. The van der Waals surface area contributed by atoms with Gasteiger partial charge in [0.25, 0.3) is 0 Å². The van der Waals surface area contributed by atoms with Gasteiger partial charge in [0.1, 0.15) is 0 Å². The maximum absolute atomic E-state index is 10.5. The number of aliphatic hydroxyl groups excluding tert-OH is 1. The molecule has 1 aromatic carbocycles. The van der Waals surface area contributed by atoms with Gasteiger partial charge in [0.05, 0.1) is 11.6 Å². The van der Waals surface area contributed by atoms with Gasteiger partial charge in [-0.25, -0.2) is 0 Å². The van der Waals surface area contributed by atoms with Crippen LogP contribution in [0.4, 0.5) is 0 Å². The molecule has 118 valence electrons. The lowest BCUT2D eigenvalue weighted by Crippen LogP contribution is -2.28. The number of aromatic nitrogens is 1. The van der Waals surface area contributed by atoms with E-state index in [1.54, 1.807) is 0 Å². The third-order valence-electron chi connectivity index (χ3n) is 4.83. The number of nitrogens with zero attached hydrogens (tertiary/aromatic N) is 2. The Kier molecular flexibility index (Phi) is 4.74. The fourth-order valence-electron chi connectivity index (χ4n) is 3.36. The van der Waals surface area contributed by atoms with Gasteiger partial charge in [-0.3, -0.25) is 4.98 Å². The van der Waals surface area contributed by atoms with Crippen molar-refractivity contribution in [3.8, 4) is 0 Å². The Balaban J connectivity index is 1.88. The number of likely N-dealkylation sites (N-methyl/N-ethyl adjacent to an activating group) is 1.